The number of phenolic OH excluding ortho intramolecular Hbond substituents is 1. The van der Waals surface area contributed by atoms with Crippen LogP contribution < -0.4 is 24.4 Å². The number of thiazole rings is 1. The summed E-state index contributed by atoms with van der Waals surface area (Å²) >= 11 is 9.33. The second kappa shape index (κ2) is 11.5. The van der Waals surface area contributed by atoms with E-state index in [1.807, 2.05) is 36.4 Å². The molecule has 200 valence electrons. The summed E-state index contributed by atoms with van der Waals surface area (Å²) in [7, 11) is 1.53. The number of rotatable bonds is 7. The predicted molar refractivity (Wildman–Crippen MR) is 155 cm³/mol. The second-order valence-electron chi connectivity index (χ2n) is 8.70. The zero-order chi connectivity index (χ0) is 27.7. The molecule has 0 bridgehead atoms. The molecular formula is C27H26ClIN2O6S. The molecule has 3 aromatic rings. The number of aromatic nitrogens is 1. The Bertz CT molecular complexity index is 1630. The first kappa shape index (κ1) is 28.2. The first-order chi connectivity index (χ1) is 18.0. The molecular weight excluding hydrogens is 643 g/mol. The van der Waals surface area contributed by atoms with Gasteiger partial charge in [0.25, 0.3) is 5.56 Å². The van der Waals surface area contributed by atoms with Gasteiger partial charge in [0.2, 0.25) is 0 Å². The maximum Gasteiger partial charge on any atom is 0.338 e. The van der Waals surface area contributed by atoms with Gasteiger partial charge in [0.1, 0.15) is 5.75 Å². The average Bonchev–Trinajstić information content (AvgIpc) is 3.15. The van der Waals surface area contributed by atoms with Crippen LogP contribution in [0.2, 0.25) is 5.02 Å². The number of esters is 1. The van der Waals surface area contributed by atoms with E-state index in [2.05, 4.69) is 4.99 Å². The van der Waals surface area contributed by atoms with Crippen LogP contribution in [0.4, 0.5) is 0 Å². The summed E-state index contributed by atoms with van der Waals surface area (Å²) in [4.78, 5) is 31.9. The monoisotopic (exact) mass is 668 g/mol. The highest BCUT2D eigenvalue weighted by atomic mass is 127. The Balaban J connectivity index is 1.97. The SMILES string of the molecule is CCOC(=O)C1=C(C)N=c2s/c(=C\c3cc(Cl)cc(I)c3O)c(=O)n2[C@H]1c1ccc(OC(C)C)c(OC)c1. The molecule has 0 spiro atoms. The number of methoxy groups -OCH3 is 1. The number of ether oxygens (including phenoxy) is 3. The molecule has 2 aromatic carbocycles. The first-order valence-corrected chi connectivity index (χ1v) is 14.0. The van der Waals surface area contributed by atoms with E-state index in [1.165, 1.54) is 11.7 Å². The lowest BCUT2D eigenvalue weighted by molar-refractivity contribution is -0.139. The maximum atomic E-state index is 13.8. The van der Waals surface area contributed by atoms with Crippen molar-refractivity contribution in [2.24, 2.45) is 4.99 Å². The molecule has 0 saturated carbocycles. The number of carbonyl (C=O) groups is 1. The third kappa shape index (κ3) is 5.48. The summed E-state index contributed by atoms with van der Waals surface area (Å²) in [5, 5.41) is 11.0. The highest BCUT2D eigenvalue weighted by Crippen LogP contribution is 2.36. The minimum atomic E-state index is -0.817. The molecule has 2 heterocycles. The highest BCUT2D eigenvalue weighted by Gasteiger charge is 2.34. The molecule has 4 rings (SSSR count). The van der Waals surface area contributed by atoms with Gasteiger partial charge in [0.05, 0.1) is 45.2 Å². The van der Waals surface area contributed by atoms with Crippen LogP contribution in [0.5, 0.6) is 17.2 Å². The Morgan fingerprint density at radius 1 is 1.29 bits per heavy atom. The quantitative estimate of drug-likeness (QED) is 0.293. The van der Waals surface area contributed by atoms with Gasteiger partial charge in [-0.1, -0.05) is 29.0 Å². The zero-order valence-electron chi connectivity index (χ0n) is 21.4. The van der Waals surface area contributed by atoms with Crippen LogP contribution >= 0.6 is 45.5 Å². The number of benzene rings is 2. The standard InChI is InChI=1S/C27H26ClIN2O6S/c1-6-36-26(34)22-14(4)30-27-31(23(22)15-7-8-19(37-13(2)3)20(10-15)35-5)25(33)21(38-27)11-16-9-17(28)12-18(29)24(16)32/h7-13,23,32H,6H2,1-5H3/b21-11-/t23-/m0/s1. The molecule has 1 aliphatic rings. The number of phenols is 1. The fourth-order valence-corrected chi connectivity index (χ4v) is 6.24. The van der Waals surface area contributed by atoms with Crippen molar-refractivity contribution < 1.29 is 24.1 Å². The molecule has 11 heteroatoms. The number of halogens is 2. The van der Waals surface area contributed by atoms with Gasteiger partial charge in [-0.05, 0) is 86.2 Å². The van der Waals surface area contributed by atoms with Crippen LogP contribution in [-0.4, -0.2) is 35.5 Å². The number of nitrogens with zero attached hydrogens (tertiary/aromatic N) is 2. The fourth-order valence-electron chi connectivity index (χ4n) is 4.15. The minimum Gasteiger partial charge on any atom is -0.506 e. The van der Waals surface area contributed by atoms with Crippen molar-refractivity contribution in [2.45, 2.75) is 39.8 Å². The van der Waals surface area contributed by atoms with Crippen molar-refractivity contribution in [1.82, 2.24) is 4.57 Å². The normalized spacial score (nSPS) is 15.4. The van der Waals surface area contributed by atoms with Crippen LogP contribution in [0.15, 0.2) is 51.4 Å². The number of hydrogen-bond donors (Lipinski definition) is 1. The van der Waals surface area contributed by atoms with Crippen molar-refractivity contribution in [3.8, 4) is 17.2 Å². The van der Waals surface area contributed by atoms with E-state index < -0.39 is 12.0 Å². The summed E-state index contributed by atoms with van der Waals surface area (Å²) in [6.45, 7) is 7.43. The largest absolute Gasteiger partial charge is 0.506 e. The van der Waals surface area contributed by atoms with Gasteiger partial charge in [-0.2, -0.15) is 0 Å². The van der Waals surface area contributed by atoms with Gasteiger partial charge < -0.3 is 19.3 Å². The first-order valence-electron chi connectivity index (χ1n) is 11.8. The molecule has 38 heavy (non-hydrogen) atoms. The molecule has 1 N–H and O–H groups in total. The molecule has 0 aliphatic carbocycles. The van der Waals surface area contributed by atoms with Crippen molar-refractivity contribution in [2.75, 3.05) is 13.7 Å². The molecule has 8 nitrogen and oxygen atoms in total. The zero-order valence-corrected chi connectivity index (χ0v) is 25.1. The molecule has 1 aliphatic heterocycles. The van der Waals surface area contributed by atoms with Gasteiger partial charge in [0.15, 0.2) is 16.3 Å². The van der Waals surface area contributed by atoms with Crippen LogP contribution in [0.3, 0.4) is 0 Å². The smallest absolute Gasteiger partial charge is 0.338 e. The van der Waals surface area contributed by atoms with E-state index >= 15 is 0 Å². The van der Waals surface area contributed by atoms with Gasteiger partial charge in [-0.25, -0.2) is 9.79 Å². The van der Waals surface area contributed by atoms with Gasteiger partial charge >= 0.3 is 5.97 Å². The third-order valence-corrected chi connectivity index (χ3v) is 7.75. The van der Waals surface area contributed by atoms with E-state index in [-0.39, 0.29) is 29.6 Å². The number of fused-ring (bicyclic) bond motifs is 1. The number of aromatic hydroxyl groups is 1. The van der Waals surface area contributed by atoms with Crippen LogP contribution in [0, 0.1) is 3.57 Å². The lowest BCUT2D eigenvalue weighted by atomic mass is 9.95. The molecule has 1 atom stereocenters. The Morgan fingerprint density at radius 3 is 2.68 bits per heavy atom. The summed E-state index contributed by atoms with van der Waals surface area (Å²) < 4.78 is 19.1. The predicted octanol–water partition coefficient (Wildman–Crippen LogP) is 4.56. The van der Waals surface area contributed by atoms with E-state index in [0.717, 1.165) is 11.3 Å². The third-order valence-electron chi connectivity index (χ3n) is 5.73. The second-order valence-corrected chi connectivity index (χ2v) is 11.3. The van der Waals surface area contributed by atoms with Gasteiger partial charge in [-0.3, -0.25) is 9.36 Å². The van der Waals surface area contributed by atoms with Crippen LogP contribution in [-0.2, 0) is 9.53 Å². The molecule has 0 unspecified atom stereocenters. The Morgan fingerprint density at radius 2 is 2.03 bits per heavy atom. The highest BCUT2D eigenvalue weighted by molar-refractivity contribution is 14.1. The van der Waals surface area contributed by atoms with E-state index in [1.54, 1.807) is 50.3 Å². The maximum absolute atomic E-state index is 13.8. The van der Waals surface area contributed by atoms with E-state index in [4.69, 9.17) is 25.8 Å². The van der Waals surface area contributed by atoms with Crippen LogP contribution in [0.25, 0.3) is 6.08 Å². The van der Waals surface area contributed by atoms with E-state index in [9.17, 15) is 14.7 Å². The van der Waals surface area contributed by atoms with Crippen molar-refractivity contribution in [3.63, 3.8) is 0 Å². The average molecular weight is 669 g/mol. The topological polar surface area (TPSA) is 99.4 Å². The molecule has 0 radical (unpaired) electrons. The molecule has 0 saturated heterocycles. The lowest BCUT2D eigenvalue weighted by Crippen LogP contribution is -2.40. The number of hydrogen-bond acceptors (Lipinski definition) is 8. The van der Waals surface area contributed by atoms with Crippen molar-refractivity contribution >= 4 is 57.6 Å². The summed E-state index contributed by atoms with van der Waals surface area (Å²) in [5.41, 5.74) is 1.36. The Hall–Kier alpha value is -2.83. The van der Waals surface area contributed by atoms with Crippen molar-refractivity contribution in [1.29, 1.82) is 0 Å². The number of carbonyl (C=O) groups excluding carboxylic acids is 1. The van der Waals surface area contributed by atoms with Crippen molar-refractivity contribution in [3.05, 3.63) is 81.0 Å². The Labute approximate surface area is 242 Å². The summed E-state index contributed by atoms with van der Waals surface area (Å²) in [6.07, 6.45) is 1.50. The van der Waals surface area contributed by atoms with E-state index in [0.29, 0.717) is 46.2 Å². The van der Waals surface area contributed by atoms with Crippen LogP contribution in [0.1, 0.15) is 44.9 Å². The Kier molecular flexibility index (Phi) is 8.53. The molecule has 0 fully saturated rings. The minimum absolute atomic E-state index is 0.0197. The summed E-state index contributed by atoms with van der Waals surface area (Å²) in [5.74, 6) is 0.473. The molecule has 0 amide bonds. The van der Waals surface area contributed by atoms with Gasteiger partial charge in [-0.15, -0.1) is 0 Å². The lowest BCUT2D eigenvalue weighted by Gasteiger charge is -2.25. The summed E-state index contributed by atoms with van der Waals surface area (Å²) in [6, 6.07) is 7.71. The number of allylic oxidation sites excluding steroid dienone is 1. The van der Waals surface area contributed by atoms with Gasteiger partial charge in [0, 0.05) is 10.6 Å². The fraction of sp³-hybridized carbons (Fsp3) is 0.296. The molecule has 1 aromatic heterocycles.